The van der Waals surface area contributed by atoms with Crippen LogP contribution in [0.2, 0.25) is 0 Å². The first-order valence-electron chi connectivity index (χ1n) is 6.04. The van der Waals surface area contributed by atoms with Gasteiger partial charge in [0.15, 0.2) is 0 Å². The molecule has 3 rings (SSSR count). The van der Waals surface area contributed by atoms with Gasteiger partial charge in [0.25, 0.3) is 0 Å². The Kier molecular flexibility index (Phi) is 2.63. The van der Waals surface area contributed by atoms with Crippen LogP contribution in [0, 0.1) is 0 Å². The molecule has 1 saturated carbocycles. The predicted molar refractivity (Wildman–Crippen MR) is 67.0 cm³/mol. The van der Waals surface area contributed by atoms with Crippen LogP contribution in [0.4, 0.5) is 0 Å². The van der Waals surface area contributed by atoms with E-state index in [0.717, 1.165) is 12.8 Å². The average molecular weight is 243 g/mol. The summed E-state index contributed by atoms with van der Waals surface area (Å²) in [6, 6.07) is 8.73. The lowest BCUT2D eigenvalue weighted by atomic mass is 9.96. The fourth-order valence-corrected chi connectivity index (χ4v) is 2.05. The zero-order valence-corrected chi connectivity index (χ0v) is 9.80. The molecule has 4 heteroatoms. The number of pyridine rings is 1. The molecule has 0 radical (unpaired) electrons. The SMILES string of the molecule is O=C(O)c1cc(OC2CCC2)nc2ccccc12. The van der Waals surface area contributed by atoms with Crippen LogP contribution < -0.4 is 4.74 Å². The number of rotatable bonds is 3. The van der Waals surface area contributed by atoms with Gasteiger partial charge in [-0.05, 0) is 25.3 Å². The Morgan fingerprint density at radius 1 is 1.33 bits per heavy atom. The van der Waals surface area contributed by atoms with Gasteiger partial charge in [-0.1, -0.05) is 18.2 Å². The number of hydrogen-bond acceptors (Lipinski definition) is 3. The van der Waals surface area contributed by atoms with Crippen molar-refractivity contribution in [3.8, 4) is 5.88 Å². The summed E-state index contributed by atoms with van der Waals surface area (Å²) in [6.07, 6.45) is 3.41. The van der Waals surface area contributed by atoms with E-state index in [4.69, 9.17) is 4.74 Å². The van der Waals surface area contributed by atoms with Crippen molar-refractivity contribution in [2.75, 3.05) is 0 Å². The highest BCUT2D eigenvalue weighted by Crippen LogP contribution is 2.27. The van der Waals surface area contributed by atoms with E-state index >= 15 is 0 Å². The minimum atomic E-state index is -0.952. The molecule has 1 aliphatic carbocycles. The third-order valence-corrected chi connectivity index (χ3v) is 3.26. The van der Waals surface area contributed by atoms with Crippen molar-refractivity contribution in [1.82, 2.24) is 4.98 Å². The number of aromatic nitrogens is 1. The molecule has 0 saturated heterocycles. The first kappa shape index (κ1) is 11.0. The van der Waals surface area contributed by atoms with Crippen LogP contribution in [0.3, 0.4) is 0 Å². The molecule has 0 unspecified atom stereocenters. The molecule has 92 valence electrons. The number of carboxylic acids is 1. The Morgan fingerprint density at radius 3 is 2.78 bits per heavy atom. The molecule has 2 aromatic rings. The van der Waals surface area contributed by atoms with Crippen molar-refractivity contribution in [2.24, 2.45) is 0 Å². The minimum Gasteiger partial charge on any atom is -0.478 e. The molecule has 0 spiro atoms. The summed E-state index contributed by atoms with van der Waals surface area (Å²) in [4.78, 5) is 15.6. The van der Waals surface area contributed by atoms with Gasteiger partial charge in [0.05, 0.1) is 11.1 Å². The van der Waals surface area contributed by atoms with Crippen molar-refractivity contribution >= 4 is 16.9 Å². The molecule has 0 atom stereocenters. The van der Waals surface area contributed by atoms with Gasteiger partial charge in [0.1, 0.15) is 6.10 Å². The van der Waals surface area contributed by atoms with E-state index in [-0.39, 0.29) is 11.7 Å². The first-order chi connectivity index (χ1) is 8.74. The third kappa shape index (κ3) is 1.90. The van der Waals surface area contributed by atoms with Crippen LogP contribution in [0.25, 0.3) is 10.9 Å². The molecule has 0 aliphatic heterocycles. The van der Waals surface area contributed by atoms with Crippen LogP contribution >= 0.6 is 0 Å². The number of aromatic carboxylic acids is 1. The van der Waals surface area contributed by atoms with Gasteiger partial charge in [-0.2, -0.15) is 0 Å². The average Bonchev–Trinajstić information content (AvgIpc) is 2.32. The van der Waals surface area contributed by atoms with Crippen molar-refractivity contribution < 1.29 is 14.6 Å². The zero-order chi connectivity index (χ0) is 12.5. The van der Waals surface area contributed by atoms with Gasteiger partial charge in [-0.3, -0.25) is 0 Å². The van der Waals surface area contributed by atoms with Crippen molar-refractivity contribution in [3.63, 3.8) is 0 Å². The second kappa shape index (κ2) is 4.29. The number of benzene rings is 1. The van der Waals surface area contributed by atoms with E-state index in [9.17, 15) is 9.90 Å². The lowest BCUT2D eigenvalue weighted by Crippen LogP contribution is -2.25. The molecular formula is C14H13NO3. The summed E-state index contributed by atoms with van der Waals surface area (Å²) >= 11 is 0. The second-order valence-electron chi connectivity index (χ2n) is 4.50. The van der Waals surface area contributed by atoms with Gasteiger partial charge < -0.3 is 9.84 Å². The quantitative estimate of drug-likeness (QED) is 0.900. The largest absolute Gasteiger partial charge is 0.478 e. The standard InChI is InChI=1S/C14H13NO3/c16-14(17)11-8-13(18-9-4-3-5-9)15-12-7-2-1-6-10(11)12/h1-2,6-9H,3-5H2,(H,16,17). The van der Waals surface area contributed by atoms with Crippen molar-refractivity contribution in [1.29, 1.82) is 0 Å². The molecule has 0 amide bonds. The van der Waals surface area contributed by atoms with Gasteiger partial charge in [0, 0.05) is 11.5 Å². The van der Waals surface area contributed by atoms with E-state index in [1.54, 1.807) is 12.1 Å². The van der Waals surface area contributed by atoms with Crippen LogP contribution in [0.15, 0.2) is 30.3 Å². The Bertz CT molecular complexity index is 605. The topological polar surface area (TPSA) is 59.4 Å². The molecular weight excluding hydrogens is 230 g/mol. The summed E-state index contributed by atoms with van der Waals surface area (Å²) in [7, 11) is 0. The Hall–Kier alpha value is -2.10. The Morgan fingerprint density at radius 2 is 2.11 bits per heavy atom. The molecule has 1 heterocycles. The fourth-order valence-electron chi connectivity index (χ4n) is 2.05. The zero-order valence-electron chi connectivity index (χ0n) is 9.80. The van der Waals surface area contributed by atoms with Gasteiger partial charge >= 0.3 is 5.97 Å². The highest BCUT2D eigenvalue weighted by Gasteiger charge is 2.21. The summed E-state index contributed by atoms with van der Waals surface area (Å²) in [5, 5.41) is 9.87. The maximum absolute atomic E-state index is 11.3. The van der Waals surface area contributed by atoms with Crippen LogP contribution in [0.1, 0.15) is 29.6 Å². The molecule has 18 heavy (non-hydrogen) atoms. The summed E-state index contributed by atoms with van der Waals surface area (Å²) < 4.78 is 5.67. The van der Waals surface area contributed by atoms with Gasteiger partial charge in [0.2, 0.25) is 5.88 Å². The lowest BCUT2D eigenvalue weighted by Gasteiger charge is -2.25. The van der Waals surface area contributed by atoms with Gasteiger partial charge in [-0.25, -0.2) is 9.78 Å². The normalized spacial score (nSPS) is 15.3. The number of fused-ring (bicyclic) bond motifs is 1. The number of hydrogen-bond donors (Lipinski definition) is 1. The maximum Gasteiger partial charge on any atom is 0.336 e. The summed E-state index contributed by atoms with van der Waals surface area (Å²) in [6.45, 7) is 0. The molecule has 1 aliphatic rings. The predicted octanol–water partition coefficient (Wildman–Crippen LogP) is 2.86. The van der Waals surface area contributed by atoms with Crippen molar-refractivity contribution in [3.05, 3.63) is 35.9 Å². The van der Waals surface area contributed by atoms with E-state index in [1.165, 1.54) is 12.5 Å². The smallest absolute Gasteiger partial charge is 0.336 e. The van der Waals surface area contributed by atoms with Gasteiger partial charge in [-0.15, -0.1) is 0 Å². The van der Waals surface area contributed by atoms with Crippen LogP contribution in [0.5, 0.6) is 5.88 Å². The van der Waals surface area contributed by atoms with Crippen LogP contribution in [-0.2, 0) is 0 Å². The molecule has 0 bridgehead atoms. The van der Waals surface area contributed by atoms with E-state index in [2.05, 4.69) is 4.98 Å². The Balaban J connectivity index is 2.07. The minimum absolute atomic E-state index is 0.195. The summed E-state index contributed by atoms with van der Waals surface area (Å²) in [5.74, 6) is -0.539. The number of ether oxygens (including phenoxy) is 1. The number of para-hydroxylation sites is 1. The molecule has 1 N–H and O–H groups in total. The van der Waals surface area contributed by atoms with E-state index in [0.29, 0.717) is 16.8 Å². The Labute approximate surface area is 104 Å². The molecule has 1 aromatic carbocycles. The molecule has 1 aromatic heterocycles. The number of nitrogens with zero attached hydrogens (tertiary/aromatic N) is 1. The molecule has 4 nitrogen and oxygen atoms in total. The maximum atomic E-state index is 11.3. The highest BCUT2D eigenvalue weighted by atomic mass is 16.5. The number of carboxylic acid groups (broad SMARTS) is 1. The second-order valence-corrected chi connectivity index (χ2v) is 4.50. The fraction of sp³-hybridized carbons (Fsp3) is 0.286. The van der Waals surface area contributed by atoms with E-state index < -0.39 is 5.97 Å². The first-order valence-corrected chi connectivity index (χ1v) is 6.04. The highest BCUT2D eigenvalue weighted by molar-refractivity contribution is 6.02. The summed E-state index contributed by atoms with van der Waals surface area (Å²) in [5.41, 5.74) is 0.904. The third-order valence-electron chi connectivity index (χ3n) is 3.26. The van der Waals surface area contributed by atoms with Crippen LogP contribution in [-0.4, -0.2) is 22.2 Å². The lowest BCUT2D eigenvalue weighted by molar-refractivity contribution is 0.0696. The number of carbonyl (C=O) groups is 1. The van der Waals surface area contributed by atoms with Crippen molar-refractivity contribution in [2.45, 2.75) is 25.4 Å². The molecule has 1 fully saturated rings. The van der Waals surface area contributed by atoms with E-state index in [1.807, 2.05) is 12.1 Å². The monoisotopic (exact) mass is 243 g/mol.